The van der Waals surface area contributed by atoms with Crippen LogP contribution in [0.2, 0.25) is 0 Å². The van der Waals surface area contributed by atoms with E-state index < -0.39 is 23.2 Å². The number of anilines is 3. The Morgan fingerprint density at radius 2 is 1.86 bits per heavy atom. The lowest BCUT2D eigenvalue weighted by atomic mass is 9.85. The maximum Gasteiger partial charge on any atom is 0.258 e. The monoisotopic (exact) mass is 485 g/mol. The third-order valence-corrected chi connectivity index (χ3v) is 6.53. The number of aryl methyl sites for hydroxylation is 2. The molecule has 1 unspecified atom stereocenters. The third kappa shape index (κ3) is 3.61. The molecule has 2 heterocycles. The van der Waals surface area contributed by atoms with Gasteiger partial charge in [0.25, 0.3) is 11.8 Å². The zero-order valence-corrected chi connectivity index (χ0v) is 19.7. The van der Waals surface area contributed by atoms with Crippen molar-refractivity contribution >= 4 is 29.0 Å². The number of fused-ring (bicyclic) bond motifs is 2. The van der Waals surface area contributed by atoms with Crippen LogP contribution in [0.1, 0.15) is 32.6 Å². The molecule has 8 nitrogen and oxygen atoms in total. The number of halogens is 1. The molecule has 5 rings (SSSR count). The van der Waals surface area contributed by atoms with Gasteiger partial charge in [-0.25, -0.2) is 4.39 Å². The standard InChI is InChI=1S/C27H24FN5O3/c1-16-7-6-10-22-23(16)31-24-18(14-30-32(24)2)15-33(22)25(34)17-11-12-20(21(28)13-17)27(36,26(29)35)19-8-4-3-5-9-19/h3-14,31,36H,15H2,1-2H3,(H2,29,35). The van der Waals surface area contributed by atoms with Crippen LogP contribution < -0.4 is 16.0 Å². The summed E-state index contributed by atoms with van der Waals surface area (Å²) in [6.07, 6.45) is 1.68. The lowest BCUT2D eigenvalue weighted by Crippen LogP contribution is -2.43. The molecule has 0 fully saturated rings. The number of nitrogens with two attached hydrogens (primary N) is 1. The van der Waals surface area contributed by atoms with Gasteiger partial charge in [0.05, 0.1) is 24.1 Å². The van der Waals surface area contributed by atoms with E-state index in [1.165, 1.54) is 24.3 Å². The van der Waals surface area contributed by atoms with E-state index in [4.69, 9.17) is 5.73 Å². The molecular weight excluding hydrogens is 461 g/mol. The van der Waals surface area contributed by atoms with Crippen molar-refractivity contribution < 1.29 is 19.1 Å². The van der Waals surface area contributed by atoms with Crippen molar-refractivity contribution in [3.8, 4) is 0 Å². The second-order valence-electron chi connectivity index (χ2n) is 8.76. The van der Waals surface area contributed by atoms with Gasteiger partial charge in [-0.2, -0.15) is 5.10 Å². The molecule has 182 valence electrons. The summed E-state index contributed by atoms with van der Waals surface area (Å²) in [7, 11) is 1.81. The summed E-state index contributed by atoms with van der Waals surface area (Å²) in [5, 5.41) is 18.8. The molecule has 0 saturated heterocycles. The fourth-order valence-corrected chi connectivity index (χ4v) is 4.56. The largest absolute Gasteiger partial charge is 0.372 e. The van der Waals surface area contributed by atoms with E-state index in [2.05, 4.69) is 10.4 Å². The number of nitrogens with zero attached hydrogens (tertiary/aromatic N) is 3. The number of carbonyl (C=O) groups is 2. The number of amides is 2. The Hall–Kier alpha value is -4.50. The quantitative estimate of drug-likeness (QED) is 0.410. The van der Waals surface area contributed by atoms with Crippen molar-refractivity contribution in [2.75, 3.05) is 10.2 Å². The summed E-state index contributed by atoms with van der Waals surface area (Å²) in [5.74, 6) is -1.74. The number of primary amides is 1. The van der Waals surface area contributed by atoms with Crippen LogP contribution >= 0.6 is 0 Å². The fourth-order valence-electron chi connectivity index (χ4n) is 4.56. The lowest BCUT2D eigenvalue weighted by molar-refractivity contribution is -0.133. The molecular formula is C27H24FN5O3. The maximum absolute atomic E-state index is 15.4. The highest BCUT2D eigenvalue weighted by atomic mass is 19.1. The van der Waals surface area contributed by atoms with Crippen molar-refractivity contribution in [2.45, 2.75) is 19.1 Å². The zero-order chi connectivity index (χ0) is 25.6. The number of aliphatic hydroxyl groups is 1. The van der Waals surface area contributed by atoms with E-state index in [1.807, 2.05) is 32.2 Å². The van der Waals surface area contributed by atoms with Crippen molar-refractivity contribution in [1.82, 2.24) is 9.78 Å². The Balaban J connectivity index is 1.58. The molecule has 0 aliphatic carbocycles. The minimum atomic E-state index is -2.40. The maximum atomic E-state index is 15.4. The van der Waals surface area contributed by atoms with Gasteiger partial charge >= 0.3 is 0 Å². The van der Waals surface area contributed by atoms with Gasteiger partial charge < -0.3 is 21.1 Å². The predicted molar refractivity (Wildman–Crippen MR) is 133 cm³/mol. The van der Waals surface area contributed by atoms with Gasteiger partial charge in [0.2, 0.25) is 0 Å². The van der Waals surface area contributed by atoms with Crippen molar-refractivity contribution in [2.24, 2.45) is 12.8 Å². The highest BCUT2D eigenvalue weighted by Crippen LogP contribution is 2.39. The van der Waals surface area contributed by atoms with Gasteiger partial charge in [0.15, 0.2) is 5.60 Å². The SMILES string of the molecule is Cc1cccc2c1Nc1c(cnn1C)CN2C(=O)c1ccc(C(O)(C(N)=O)c2ccccc2)c(F)c1. The van der Waals surface area contributed by atoms with Crippen LogP contribution in [0.4, 0.5) is 21.6 Å². The summed E-state index contributed by atoms with van der Waals surface area (Å²) in [6.45, 7) is 2.14. The molecule has 0 saturated carbocycles. The van der Waals surface area contributed by atoms with Crippen LogP contribution in [0.5, 0.6) is 0 Å². The van der Waals surface area contributed by atoms with E-state index >= 15 is 4.39 Å². The first-order chi connectivity index (χ1) is 17.2. The summed E-state index contributed by atoms with van der Waals surface area (Å²) >= 11 is 0. The molecule has 9 heteroatoms. The number of hydrogen-bond acceptors (Lipinski definition) is 5. The van der Waals surface area contributed by atoms with Crippen LogP contribution in [0.15, 0.2) is 72.9 Å². The highest BCUT2D eigenvalue weighted by Gasteiger charge is 2.41. The average molecular weight is 486 g/mol. The van der Waals surface area contributed by atoms with E-state index in [0.717, 1.165) is 28.7 Å². The van der Waals surface area contributed by atoms with Gasteiger partial charge in [0, 0.05) is 23.7 Å². The van der Waals surface area contributed by atoms with Gasteiger partial charge in [-0.05, 0) is 36.2 Å². The number of rotatable bonds is 4. The number of nitrogens with one attached hydrogen (secondary N) is 1. The summed E-state index contributed by atoms with van der Waals surface area (Å²) in [4.78, 5) is 27.5. The highest BCUT2D eigenvalue weighted by molar-refractivity contribution is 6.08. The molecule has 4 N–H and O–H groups in total. The van der Waals surface area contributed by atoms with Crippen molar-refractivity contribution in [1.29, 1.82) is 0 Å². The van der Waals surface area contributed by atoms with Crippen molar-refractivity contribution in [3.05, 3.63) is 107 Å². The molecule has 1 aliphatic heterocycles. The van der Waals surface area contributed by atoms with E-state index in [-0.39, 0.29) is 23.2 Å². The molecule has 36 heavy (non-hydrogen) atoms. The van der Waals surface area contributed by atoms with Crippen LogP contribution in [-0.2, 0) is 24.0 Å². The summed E-state index contributed by atoms with van der Waals surface area (Å²) in [5.41, 5.74) is 6.07. The molecule has 0 radical (unpaired) electrons. The zero-order valence-electron chi connectivity index (χ0n) is 19.7. The van der Waals surface area contributed by atoms with Crippen molar-refractivity contribution in [3.63, 3.8) is 0 Å². The number of hydrogen-bond donors (Lipinski definition) is 3. The minimum absolute atomic E-state index is 0.0518. The first-order valence-corrected chi connectivity index (χ1v) is 11.3. The Bertz CT molecular complexity index is 1500. The van der Waals surface area contributed by atoms with Gasteiger partial charge in [-0.15, -0.1) is 0 Å². The number of para-hydroxylation sites is 1. The van der Waals surface area contributed by atoms with Gasteiger partial charge in [0.1, 0.15) is 11.6 Å². The average Bonchev–Trinajstić information content (AvgIpc) is 3.11. The summed E-state index contributed by atoms with van der Waals surface area (Å²) in [6, 6.07) is 17.1. The smallest absolute Gasteiger partial charge is 0.258 e. The molecule has 1 aliphatic rings. The van der Waals surface area contributed by atoms with Crippen LogP contribution in [0.25, 0.3) is 0 Å². The molecule has 2 amide bonds. The molecule has 4 aromatic rings. The number of carbonyl (C=O) groups excluding carboxylic acids is 2. The Morgan fingerprint density at radius 1 is 1.11 bits per heavy atom. The van der Waals surface area contributed by atoms with Gasteiger partial charge in [-0.3, -0.25) is 14.3 Å². The van der Waals surface area contributed by atoms with E-state index in [1.54, 1.807) is 34.0 Å². The normalized spacial score (nSPS) is 14.2. The Morgan fingerprint density at radius 3 is 2.56 bits per heavy atom. The minimum Gasteiger partial charge on any atom is -0.372 e. The molecule has 0 bridgehead atoms. The van der Waals surface area contributed by atoms with Crippen LogP contribution in [-0.4, -0.2) is 26.7 Å². The van der Waals surface area contributed by atoms with E-state index in [0.29, 0.717) is 5.69 Å². The lowest BCUT2D eigenvalue weighted by Gasteiger charge is -2.27. The molecule has 3 aromatic carbocycles. The first kappa shape index (κ1) is 23.3. The number of aromatic nitrogens is 2. The molecule has 1 aromatic heterocycles. The first-order valence-electron chi connectivity index (χ1n) is 11.3. The van der Waals surface area contributed by atoms with Crippen LogP contribution in [0.3, 0.4) is 0 Å². The summed E-state index contributed by atoms with van der Waals surface area (Å²) < 4.78 is 17.1. The molecule has 1 atom stereocenters. The third-order valence-electron chi connectivity index (χ3n) is 6.53. The Kier molecular flexibility index (Phi) is 5.57. The Labute approximate surface area is 206 Å². The predicted octanol–water partition coefficient (Wildman–Crippen LogP) is 3.49. The topological polar surface area (TPSA) is 113 Å². The molecule has 0 spiro atoms. The van der Waals surface area contributed by atoms with Crippen LogP contribution in [0, 0.1) is 12.7 Å². The second-order valence-corrected chi connectivity index (χ2v) is 8.76. The van der Waals surface area contributed by atoms with E-state index in [9.17, 15) is 14.7 Å². The number of benzene rings is 3. The fraction of sp³-hybridized carbons (Fsp3) is 0.148. The second kappa shape index (κ2) is 8.62. The van der Waals surface area contributed by atoms with Gasteiger partial charge in [-0.1, -0.05) is 48.5 Å².